The van der Waals surface area contributed by atoms with Crippen LogP contribution in [0.2, 0.25) is 0 Å². The Balaban J connectivity index is 2.60. The van der Waals surface area contributed by atoms with Gasteiger partial charge in [-0.05, 0) is 69.2 Å². The Morgan fingerprint density at radius 2 is 1.85 bits per heavy atom. The molecule has 0 radical (unpaired) electrons. The van der Waals surface area contributed by atoms with Gasteiger partial charge in [-0.2, -0.15) is 12.6 Å². The molecule has 1 atom stereocenters. The first-order valence-electron chi connectivity index (χ1n) is 9.94. The summed E-state index contributed by atoms with van der Waals surface area (Å²) < 4.78 is -0.230. The van der Waals surface area contributed by atoms with Crippen LogP contribution < -0.4 is 0 Å². The topological polar surface area (TPSA) is 0 Å². The van der Waals surface area contributed by atoms with Gasteiger partial charge in [0.1, 0.15) is 0 Å². The molecule has 0 aromatic carbocycles. The van der Waals surface area contributed by atoms with E-state index in [0.717, 1.165) is 19.3 Å². The van der Waals surface area contributed by atoms with Crippen molar-refractivity contribution in [1.29, 1.82) is 0 Å². The van der Waals surface area contributed by atoms with Crippen molar-refractivity contribution in [3.63, 3.8) is 0 Å². The van der Waals surface area contributed by atoms with Crippen LogP contribution in [0.5, 0.6) is 0 Å². The van der Waals surface area contributed by atoms with Gasteiger partial charge in [0.15, 0.2) is 0 Å². The fraction of sp³-hybridized carbons (Fsp3) is 0.385. The van der Waals surface area contributed by atoms with E-state index in [9.17, 15) is 0 Å². The normalized spacial score (nSPS) is 25.6. The first-order chi connectivity index (χ1) is 12.8. The fourth-order valence-corrected chi connectivity index (χ4v) is 4.13. The molecule has 1 unspecified atom stereocenters. The molecule has 2 rings (SSSR count). The second-order valence-electron chi connectivity index (χ2n) is 7.83. The Morgan fingerprint density at radius 1 is 1.22 bits per heavy atom. The third kappa shape index (κ3) is 4.76. The van der Waals surface area contributed by atoms with Gasteiger partial charge in [0.05, 0.1) is 0 Å². The van der Waals surface area contributed by atoms with E-state index in [-0.39, 0.29) is 10.2 Å². The predicted molar refractivity (Wildman–Crippen MR) is 125 cm³/mol. The van der Waals surface area contributed by atoms with Crippen molar-refractivity contribution in [2.24, 2.45) is 5.41 Å². The summed E-state index contributed by atoms with van der Waals surface area (Å²) >= 11 is 4.74. The van der Waals surface area contributed by atoms with Gasteiger partial charge in [0.25, 0.3) is 0 Å². The van der Waals surface area contributed by atoms with Crippen molar-refractivity contribution >= 4 is 12.6 Å². The molecule has 0 N–H and O–H groups in total. The minimum absolute atomic E-state index is 0.0820. The highest BCUT2D eigenvalue weighted by Gasteiger charge is 2.39. The minimum atomic E-state index is -0.230. The van der Waals surface area contributed by atoms with Gasteiger partial charge in [0.2, 0.25) is 0 Å². The quantitative estimate of drug-likeness (QED) is 0.271. The molecular formula is C26H34S. The van der Waals surface area contributed by atoms with Gasteiger partial charge in [-0.25, -0.2) is 0 Å². The lowest BCUT2D eigenvalue weighted by atomic mass is 9.67. The Hall–Kier alpha value is -1.73. The average Bonchev–Trinajstić information content (AvgIpc) is 3.06. The highest BCUT2D eigenvalue weighted by atomic mass is 32.1. The summed E-state index contributed by atoms with van der Waals surface area (Å²) in [5.74, 6) is 0. The third-order valence-electron chi connectivity index (χ3n) is 5.59. The Bertz CT molecular complexity index is 780. The molecule has 0 heterocycles. The predicted octanol–water partition coefficient (Wildman–Crippen LogP) is 7.87. The van der Waals surface area contributed by atoms with Crippen LogP contribution in [0.3, 0.4) is 0 Å². The third-order valence-corrected chi connectivity index (χ3v) is 5.89. The maximum atomic E-state index is 4.74. The SMILES string of the molecule is C=C(C1=C(C)C=CC(C)(S)C=C1)C1(C(=C/C=CC)/C(C)=C\CC)CC=CC1. The average molecular weight is 379 g/mol. The van der Waals surface area contributed by atoms with Crippen molar-refractivity contribution in [3.05, 3.63) is 95.2 Å². The minimum Gasteiger partial charge on any atom is -0.164 e. The van der Waals surface area contributed by atoms with Gasteiger partial charge in [0, 0.05) is 10.2 Å². The van der Waals surface area contributed by atoms with E-state index in [1.165, 1.54) is 27.9 Å². The zero-order valence-electron chi connectivity index (χ0n) is 17.5. The maximum Gasteiger partial charge on any atom is 0.0466 e. The lowest BCUT2D eigenvalue weighted by Crippen LogP contribution is -2.24. The zero-order chi connectivity index (χ0) is 20.1. The summed E-state index contributed by atoms with van der Waals surface area (Å²) in [6.07, 6.45) is 25.3. The van der Waals surface area contributed by atoms with Crippen molar-refractivity contribution in [1.82, 2.24) is 0 Å². The summed E-state index contributed by atoms with van der Waals surface area (Å²) in [5.41, 5.74) is 6.35. The van der Waals surface area contributed by atoms with Crippen LogP contribution in [0, 0.1) is 5.41 Å². The van der Waals surface area contributed by atoms with Crippen LogP contribution in [-0.4, -0.2) is 4.75 Å². The molecule has 0 saturated carbocycles. The molecule has 0 bridgehead atoms. The van der Waals surface area contributed by atoms with Gasteiger partial charge in [-0.15, -0.1) is 0 Å². The molecule has 0 aliphatic heterocycles. The van der Waals surface area contributed by atoms with Crippen LogP contribution in [-0.2, 0) is 0 Å². The van der Waals surface area contributed by atoms with Gasteiger partial charge >= 0.3 is 0 Å². The van der Waals surface area contributed by atoms with Crippen LogP contribution in [0.4, 0.5) is 0 Å². The summed E-state index contributed by atoms with van der Waals surface area (Å²) in [4.78, 5) is 0. The molecule has 0 amide bonds. The largest absolute Gasteiger partial charge is 0.164 e. The Labute approximate surface area is 171 Å². The molecule has 1 heteroatoms. The standard InChI is InChI=1S/C26H34S/c1-7-9-13-24(21(4)12-8-2)26(16-10-11-17-26)22(5)23-15-19-25(6,27)18-14-20(23)3/h7,9-15,18-19,27H,5,8,16-17H2,1-4,6H3/b9-7?,21-12-,24-13+. The smallest absolute Gasteiger partial charge is 0.0466 e. The number of allylic oxidation sites excluding steroid dienone is 13. The van der Waals surface area contributed by atoms with Gasteiger partial charge in [-0.1, -0.05) is 79.8 Å². The molecule has 0 nitrogen and oxygen atoms in total. The summed E-state index contributed by atoms with van der Waals surface area (Å²) in [6, 6.07) is 0. The van der Waals surface area contributed by atoms with E-state index in [1.54, 1.807) is 0 Å². The number of hydrogen-bond donors (Lipinski definition) is 1. The summed E-state index contributed by atoms with van der Waals surface area (Å²) in [6.45, 7) is 15.4. The number of rotatable bonds is 6. The van der Waals surface area contributed by atoms with Crippen LogP contribution >= 0.6 is 12.6 Å². The maximum absolute atomic E-state index is 4.74. The first kappa shape index (κ1) is 21.6. The molecule has 144 valence electrons. The highest BCUT2D eigenvalue weighted by molar-refractivity contribution is 7.82. The first-order valence-corrected chi connectivity index (χ1v) is 10.4. The lowest BCUT2D eigenvalue weighted by Gasteiger charge is -2.36. The molecule has 0 saturated heterocycles. The molecule has 27 heavy (non-hydrogen) atoms. The van der Waals surface area contributed by atoms with Crippen molar-refractivity contribution in [2.45, 2.75) is 58.6 Å². The Morgan fingerprint density at radius 3 is 2.44 bits per heavy atom. The van der Waals surface area contributed by atoms with E-state index in [0.29, 0.717) is 0 Å². The molecule has 2 aliphatic rings. The second kappa shape index (κ2) is 8.97. The highest BCUT2D eigenvalue weighted by Crippen LogP contribution is 2.52. The summed E-state index contributed by atoms with van der Waals surface area (Å²) in [7, 11) is 0. The van der Waals surface area contributed by atoms with Crippen LogP contribution in [0.1, 0.15) is 53.9 Å². The van der Waals surface area contributed by atoms with Gasteiger partial charge < -0.3 is 0 Å². The van der Waals surface area contributed by atoms with Gasteiger partial charge in [-0.3, -0.25) is 0 Å². The fourth-order valence-electron chi connectivity index (χ4n) is 3.98. The molecule has 0 aromatic heterocycles. The lowest BCUT2D eigenvalue weighted by molar-refractivity contribution is 0.478. The van der Waals surface area contributed by atoms with Crippen molar-refractivity contribution in [3.8, 4) is 0 Å². The molecule has 2 aliphatic carbocycles. The number of thiol groups is 1. The van der Waals surface area contributed by atoms with Crippen molar-refractivity contribution < 1.29 is 0 Å². The zero-order valence-corrected chi connectivity index (χ0v) is 18.4. The molecule has 0 spiro atoms. The van der Waals surface area contributed by atoms with E-state index in [2.05, 4.69) is 102 Å². The molecule has 0 fully saturated rings. The second-order valence-corrected chi connectivity index (χ2v) is 8.79. The van der Waals surface area contributed by atoms with Crippen LogP contribution in [0.15, 0.2) is 95.2 Å². The summed E-state index contributed by atoms with van der Waals surface area (Å²) in [5, 5.41) is 0. The van der Waals surface area contributed by atoms with E-state index in [1.807, 2.05) is 0 Å². The van der Waals surface area contributed by atoms with E-state index >= 15 is 0 Å². The monoisotopic (exact) mass is 378 g/mol. The molecular weight excluding hydrogens is 344 g/mol. The van der Waals surface area contributed by atoms with Crippen molar-refractivity contribution in [2.75, 3.05) is 0 Å². The van der Waals surface area contributed by atoms with E-state index in [4.69, 9.17) is 12.6 Å². The van der Waals surface area contributed by atoms with Crippen LogP contribution in [0.25, 0.3) is 0 Å². The molecule has 0 aromatic rings. The number of hydrogen-bond acceptors (Lipinski definition) is 1. The van der Waals surface area contributed by atoms with E-state index < -0.39 is 0 Å². The Kier molecular flexibility index (Phi) is 7.17.